The van der Waals surface area contributed by atoms with Gasteiger partial charge in [0.25, 0.3) is 0 Å². The number of likely N-dealkylation sites (tertiary alicyclic amines) is 1. The van der Waals surface area contributed by atoms with E-state index in [4.69, 9.17) is 4.74 Å². The zero-order valence-electron chi connectivity index (χ0n) is 10.7. The summed E-state index contributed by atoms with van der Waals surface area (Å²) in [6, 6.07) is -0.138. The van der Waals surface area contributed by atoms with Gasteiger partial charge in [0.15, 0.2) is 0 Å². The molecule has 1 N–H and O–H groups in total. The van der Waals surface area contributed by atoms with Gasteiger partial charge in [-0.25, -0.2) is 4.98 Å². The Kier molecular flexibility index (Phi) is 4.09. The van der Waals surface area contributed by atoms with Gasteiger partial charge in [-0.05, 0) is 19.4 Å². The van der Waals surface area contributed by atoms with Gasteiger partial charge >= 0.3 is 5.97 Å². The number of nitrogens with one attached hydrogen (secondary N) is 1. The highest BCUT2D eigenvalue weighted by Gasteiger charge is 2.31. The number of carbonyl (C=O) groups excluding carboxylic acids is 1. The van der Waals surface area contributed by atoms with Crippen LogP contribution >= 0.6 is 0 Å². The summed E-state index contributed by atoms with van der Waals surface area (Å²) in [6.07, 6.45) is 5.30. The van der Waals surface area contributed by atoms with Gasteiger partial charge < -0.3 is 10.1 Å². The van der Waals surface area contributed by atoms with Crippen molar-refractivity contribution in [2.24, 2.45) is 0 Å². The molecule has 1 unspecified atom stereocenters. The molecule has 18 heavy (non-hydrogen) atoms. The van der Waals surface area contributed by atoms with Crippen molar-refractivity contribution in [1.29, 1.82) is 0 Å². The van der Waals surface area contributed by atoms with E-state index in [0.717, 1.165) is 30.9 Å². The van der Waals surface area contributed by atoms with Crippen LogP contribution in [0.3, 0.4) is 0 Å². The van der Waals surface area contributed by atoms with Crippen LogP contribution in [-0.4, -0.2) is 47.6 Å². The maximum absolute atomic E-state index is 11.6. The van der Waals surface area contributed by atoms with Crippen LogP contribution in [0.2, 0.25) is 0 Å². The van der Waals surface area contributed by atoms with E-state index in [0.29, 0.717) is 6.54 Å². The van der Waals surface area contributed by atoms with Crippen molar-refractivity contribution in [2.75, 3.05) is 26.0 Å². The number of methoxy groups -OCH3 is 1. The monoisotopic (exact) mass is 250 g/mol. The fourth-order valence-corrected chi connectivity index (χ4v) is 2.19. The SMILES string of the molecule is CNc1cnc(CN2CCCC2C(=O)OC)cn1. The minimum absolute atomic E-state index is 0.138. The summed E-state index contributed by atoms with van der Waals surface area (Å²) in [4.78, 5) is 22.2. The summed E-state index contributed by atoms with van der Waals surface area (Å²) < 4.78 is 4.81. The molecule has 0 spiro atoms. The summed E-state index contributed by atoms with van der Waals surface area (Å²) in [5.41, 5.74) is 0.866. The second kappa shape index (κ2) is 5.77. The molecule has 1 fully saturated rings. The maximum Gasteiger partial charge on any atom is 0.323 e. The third kappa shape index (κ3) is 2.76. The van der Waals surface area contributed by atoms with Crippen molar-refractivity contribution < 1.29 is 9.53 Å². The first-order chi connectivity index (χ1) is 8.74. The molecule has 0 saturated carbocycles. The molecule has 6 nitrogen and oxygen atoms in total. The molecule has 0 aliphatic carbocycles. The second-order valence-electron chi connectivity index (χ2n) is 4.29. The average molecular weight is 250 g/mol. The Bertz CT molecular complexity index is 407. The number of rotatable bonds is 4. The molecule has 0 aromatic carbocycles. The molecule has 2 heterocycles. The molecular formula is C12H18N4O2. The highest BCUT2D eigenvalue weighted by atomic mass is 16.5. The molecule has 0 radical (unpaired) electrons. The van der Waals surface area contributed by atoms with Crippen molar-refractivity contribution in [2.45, 2.75) is 25.4 Å². The van der Waals surface area contributed by atoms with Gasteiger partial charge in [-0.3, -0.25) is 14.7 Å². The normalized spacial score (nSPS) is 19.8. The van der Waals surface area contributed by atoms with Gasteiger partial charge in [-0.1, -0.05) is 0 Å². The molecular weight excluding hydrogens is 232 g/mol. The summed E-state index contributed by atoms with van der Waals surface area (Å²) in [5, 5.41) is 2.92. The number of ether oxygens (including phenoxy) is 1. The van der Waals surface area contributed by atoms with Crippen LogP contribution < -0.4 is 5.32 Å². The van der Waals surface area contributed by atoms with Crippen molar-refractivity contribution in [1.82, 2.24) is 14.9 Å². The quantitative estimate of drug-likeness (QED) is 0.792. The maximum atomic E-state index is 11.6. The fraction of sp³-hybridized carbons (Fsp3) is 0.583. The van der Waals surface area contributed by atoms with E-state index >= 15 is 0 Å². The van der Waals surface area contributed by atoms with Crippen molar-refractivity contribution >= 4 is 11.8 Å². The van der Waals surface area contributed by atoms with E-state index in [1.807, 2.05) is 0 Å². The highest BCUT2D eigenvalue weighted by Crippen LogP contribution is 2.20. The predicted octanol–water partition coefficient (Wildman–Crippen LogP) is 0.656. The first-order valence-corrected chi connectivity index (χ1v) is 6.05. The topological polar surface area (TPSA) is 67.4 Å². The number of nitrogens with zero attached hydrogens (tertiary/aromatic N) is 3. The largest absolute Gasteiger partial charge is 0.468 e. The van der Waals surface area contributed by atoms with Gasteiger partial charge in [0.1, 0.15) is 11.9 Å². The van der Waals surface area contributed by atoms with Crippen LogP contribution in [0.5, 0.6) is 0 Å². The average Bonchev–Trinajstić information content (AvgIpc) is 2.87. The molecule has 1 aliphatic heterocycles. The number of esters is 1. The van der Waals surface area contributed by atoms with Crippen LogP contribution in [-0.2, 0) is 16.1 Å². The lowest BCUT2D eigenvalue weighted by atomic mass is 10.2. The number of hydrogen-bond donors (Lipinski definition) is 1. The van der Waals surface area contributed by atoms with E-state index in [-0.39, 0.29) is 12.0 Å². The van der Waals surface area contributed by atoms with Gasteiger partial charge in [0.05, 0.1) is 25.2 Å². The summed E-state index contributed by atoms with van der Waals surface area (Å²) in [6.45, 7) is 1.53. The number of carbonyl (C=O) groups is 1. The molecule has 6 heteroatoms. The summed E-state index contributed by atoms with van der Waals surface area (Å²) in [7, 11) is 3.23. The van der Waals surface area contributed by atoms with E-state index in [9.17, 15) is 4.79 Å². The van der Waals surface area contributed by atoms with Crippen molar-refractivity contribution in [3.63, 3.8) is 0 Å². The lowest BCUT2D eigenvalue weighted by molar-refractivity contribution is -0.146. The number of aromatic nitrogens is 2. The standard InChI is InChI=1S/C12H18N4O2/c1-13-11-7-14-9(6-15-11)8-16-5-3-4-10(16)12(17)18-2/h6-7,10H,3-5,8H2,1-2H3,(H,13,15). The van der Waals surface area contributed by atoms with Crippen LogP contribution in [0.15, 0.2) is 12.4 Å². The van der Waals surface area contributed by atoms with Crippen molar-refractivity contribution in [3.05, 3.63) is 18.1 Å². The summed E-state index contributed by atoms with van der Waals surface area (Å²) >= 11 is 0. The third-order valence-corrected chi connectivity index (χ3v) is 3.16. The molecule has 1 atom stereocenters. The zero-order valence-corrected chi connectivity index (χ0v) is 10.7. The molecule has 0 bridgehead atoms. The molecule has 2 rings (SSSR count). The number of hydrogen-bond acceptors (Lipinski definition) is 6. The number of anilines is 1. The van der Waals surface area contributed by atoms with E-state index < -0.39 is 0 Å². The van der Waals surface area contributed by atoms with E-state index in [2.05, 4.69) is 20.2 Å². The van der Waals surface area contributed by atoms with Crippen LogP contribution in [0, 0.1) is 0 Å². The Morgan fingerprint density at radius 3 is 3.00 bits per heavy atom. The van der Waals surface area contributed by atoms with Gasteiger partial charge in [-0.2, -0.15) is 0 Å². The Morgan fingerprint density at radius 2 is 2.39 bits per heavy atom. The zero-order chi connectivity index (χ0) is 13.0. The molecule has 98 valence electrons. The second-order valence-corrected chi connectivity index (χ2v) is 4.29. The fourth-order valence-electron chi connectivity index (χ4n) is 2.19. The van der Waals surface area contributed by atoms with Crippen molar-refractivity contribution in [3.8, 4) is 0 Å². The first kappa shape index (κ1) is 12.8. The molecule has 1 aromatic rings. The molecule has 1 aromatic heterocycles. The molecule has 1 aliphatic rings. The Labute approximate surface area is 106 Å². The highest BCUT2D eigenvalue weighted by molar-refractivity contribution is 5.75. The van der Waals surface area contributed by atoms with Gasteiger partial charge in [0, 0.05) is 13.6 Å². The van der Waals surface area contributed by atoms with Crippen LogP contribution in [0.25, 0.3) is 0 Å². The predicted molar refractivity (Wildman–Crippen MR) is 67.0 cm³/mol. The lowest BCUT2D eigenvalue weighted by Crippen LogP contribution is -2.36. The molecule has 0 amide bonds. The smallest absolute Gasteiger partial charge is 0.323 e. The summed E-state index contributed by atoms with van der Waals surface area (Å²) in [5.74, 6) is 0.581. The lowest BCUT2D eigenvalue weighted by Gasteiger charge is -2.21. The Hall–Kier alpha value is -1.69. The minimum atomic E-state index is -0.160. The minimum Gasteiger partial charge on any atom is -0.468 e. The van der Waals surface area contributed by atoms with E-state index in [1.54, 1.807) is 19.4 Å². The van der Waals surface area contributed by atoms with Crippen LogP contribution in [0.4, 0.5) is 5.82 Å². The third-order valence-electron chi connectivity index (χ3n) is 3.16. The van der Waals surface area contributed by atoms with Crippen LogP contribution in [0.1, 0.15) is 18.5 Å². The Balaban J connectivity index is 2.01. The first-order valence-electron chi connectivity index (χ1n) is 6.05. The molecule has 1 saturated heterocycles. The van der Waals surface area contributed by atoms with Gasteiger partial charge in [0.2, 0.25) is 0 Å². The van der Waals surface area contributed by atoms with E-state index in [1.165, 1.54) is 7.11 Å². The Morgan fingerprint density at radius 1 is 1.56 bits per heavy atom. The van der Waals surface area contributed by atoms with Gasteiger partial charge in [-0.15, -0.1) is 0 Å².